The van der Waals surface area contributed by atoms with Crippen LogP contribution in [0.3, 0.4) is 0 Å². The van der Waals surface area contributed by atoms with Gasteiger partial charge in [0, 0.05) is 6.54 Å². The molecule has 180 valence electrons. The van der Waals surface area contributed by atoms with Gasteiger partial charge in [0.2, 0.25) is 0 Å². The number of nitrogens with one attached hydrogen (secondary N) is 1. The fourth-order valence-corrected chi connectivity index (χ4v) is 4.75. The predicted molar refractivity (Wildman–Crippen MR) is 142 cm³/mol. The Kier molecular flexibility index (Phi) is 7.31. The summed E-state index contributed by atoms with van der Waals surface area (Å²) in [4.78, 5) is 0. The minimum Gasteiger partial charge on any atom is -0.493 e. The molecule has 0 spiro atoms. The number of benzene rings is 3. The van der Waals surface area contributed by atoms with E-state index in [-0.39, 0.29) is 6.04 Å². The third-order valence-corrected chi connectivity index (χ3v) is 6.79. The summed E-state index contributed by atoms with van der Waals surface area (Å²) in [6.07, 6.45) is 8.75. The molecule has 1 atom stereocenters. The quantitative estimate of drug-likeness (QED) is 0.443. The number of rotatable bonds is 7. The Bertz CT molecular complexity index is 1230. The normalized spacial score (nSPS) is 17.7. The standard InChI is InChI=1S/C31H33NO3/c1-22-10-11-25(27-9-6-16-34-21-27)17-24(22)12-13-29-28-19-30(33-2)31(18-26(28)14-15-32-29)35-20-23-7-4-3-5-8-23/h3-5,7-13,17-19,29,32H,6,14-16,20-21H2,1-2H3/b13-12+. The third kappa shape index (κ3) is 5.50. The van der Waals surface area contributed by atoms with Crippen molar-refractivity contribution in [3.8, 4) is 11.5 Å². The molecule has 2 heterocycles. The van der Waals surface area contributed by atoms with Gasteiger partial charge in [-0.05, 0) is 76.9 Å². The van der Waals surface area contributed by atoms with Crippen LogP contribution in [0, 0.1) is 6.92 Å². The first kappa shape index (κ1) is 23.4. The van der Waals surface area contributed by atoms with E-state index < -0.39 is 0 Å². The molecule has 35 heavy (non-hydrogen) atoms. The van der Waals surface area contributed by atoms with Crippen LogP contribution in [0.25, 0.3) is 11.6 Å². The van der Waals surface area contributed by atoms with Gasteiger partial charge in [0.15, 0.2) is 11.5 Å². The first-order valence-electron chi connectivity index (χ1n) is 12.4. The molecule has 0 fully saturated rings. The average molecular weight is 468 g/mol. The Morgan fingerprint density at radius 3 is 2.74 bits per heavy atom. The number of fused-ring (bicyclic) bond motifs is 1. The maximum atomic E-state index is 6.15. The van der Waals surface area contributed by atoms with E-state index >= 15 is 0 Å². The van der Waals surface area contributed by atoms with Gasteiger partial charge < -0.3 is 19.5 Å². The van der Waals surface area contributed by atoms with Crippen LogP contribution in [0.5, 0.6) is 11.5 Å². The lowest BCUT2D eigenvalue weighted by atomic mass is 9.92. The first-order chi connectivity index (χ1) is 17.2. The number of hydrogen-bond donors (Lipinski definition) is 1. The average Bonchev–Trinajstić information content (AvgIpc) is 2.92. The molecule has 1 N–H and O–H groups in total. The topological polar surface area (TPSA) is 39.7 Å². The highest BCUT2D eigenvalue weighted by molar-refractivity contribution is 5.70. The van der Waals surface area contributed by atoms with Crippen molar-refractivity contribution in [3.05, 3.63) is 106 Å². The lowest BCUT2D eigenvalue weighted by Crippen LogP contribution is -2.28. The molecule has 3 aromatic carbocycles. The minimum atomic E-state index is 0.121. The predicted octanol–water partition coefficient (Wildman–Crippen LogP) is 6.29. The van der Waals surface area contributed by atoms with Crippen molar-refractivity contribution in [1.82, 2.24) is 5.32 Å². The highest BCUT2D eigenvalue weighted by Crippen LogP contribution is 2.36. The Morgan fingerprint density at radius 2 is 1.94 bits per heavy atom. The summed E-state index contributed by atoms with van der Waals surface area (Å²) < 4.78 is 17.5. The van der Waals surface area contributed by atoms with Gasteiger partial charge in [0.25, 0.3) is 0 Å². The monoisotopic (exact) mass is 467 g/mol. The third-order valence-electron chi connectivity index (χ3n) is 6.79. The smallest absolute Gasteiger partial charge is 0.161 e. The maximum Gasteiger partial charge on any atom is 0.161 e. The van der Waals surface area contributed by atoms with E-state index in [4.69, 9.17) is 14.2 Å². The summed E-state index contributed by atoms with van der Waals surface area (Å²) in [5.74, 6) is 1.57. The van der Waals surface area contributed by atoms with Crippen LogP contribution >= 0.6 is 0 Å². The second-order valence-corrected chi connectivity index (χ2v) is 9.16. The molecule has 0 amide bonds. The zero-order chi connectivity index (χ0) is 24.0. The molecule has 0 radical (unpaired) electrons. The van der Waals surface area contributed by atoms with Gasteiger partial charge in [0.1, 0.15) is 6.61 Å². The Balaban J connectivity index is 1.38. The summed E-state index contributed by atoms with van der Waals surface area (Å²) in [5, 5.41) is 3.66. The van der Waals surface area contributed by atoms with Gasteiger partial charge in [-0.2, -0.15) is 0 Å². The molecule has 0 bridgehead atoms. The largest absolute Gasteiger partial charge is 0.493 e. The fourth-order valence-electron chi connectivity index (χ4n) is 4.75. The van der Waals surface area contributed by atoms with E-state index in [1.165, 1.54) is 33.4 Å². The summed E-state index contributed by atoms with van der Waals surface area (Å²) in [6.45, 7) is 5.12. The highest BCUT2D eigenvalue weighted by Gasteiger charge is 2.21. The number of methoxy groups -OCH3 is 1. The van der Waals surface area contributed by atoms with Crippen LogP contribution in [-0.4, -0.2) is 26.9 Å². The second-order valence-electron chi connectivity index (χ2n) is 9.16. The molecule has 3 aromatic rings. The van der Waals surface area contributed by atoms with Crippen LogP contribution in [0.15, 0.2) is 72.8 Å². The van der Waals surface area contributed by atoms with E-state index in [2.05, 4.69) is 72.9 Å². The van der Waals surface area contributed by atoms with Gasteiger partial charge in [-0.15, -0.1) is 0 Å². The molecule has 4 nitrogen and oxygen atoms in total. The molecule has 0 saturated heterocycles. The van der Waals surface area contributed by atoms with E-state index in [1.54, 1.807) is 7.11 Å². The zero-order valence-corrected chi connectivity index (χ0v) is 20.6. The lowest BCUT2D eigenvalue weighted by molar-refractivity contribution is 0.164. The van der Waals surface area contributed by atoms with Gasteiger partial charge >= 0.3 is 0 Å². The fraction of sp³-hybridized carbons (Fsp3) is 0.290. The molecule has 5 rings (SSSR count). The zero-order valence-electron chi connectivity index (χ0n) is 20.6. The van der Waals surface area contributed by atoms with E-state index in [0.717, 1.165) is 43.1 Å². The highest BCUT2D eigenvalue weighted by atomic mass is 16.5. The minimum absolute atomic E-state index is 0.121. The number of aryl methyl sites for hydroxylation is 1. The van der Waals surface area contributed by atoms with Crippen molar-refractivity contribution in [2.75, 3.05) is 26.9 Å². The van der Waals surface area contributed by atoms with Crippen LogP contribution < -0.4 is 14.8 Å². The van der Waals surface area contributed by atoms with E-state index in [1.807, 2.05) is 18.2 Å². The number of hydrogen-bond acceptors (Lipinski definition) is 4. The van der Waals surface area contributed by atoms with Crippen LogP contribution in [-0.2, 0) is 17.8 Å². The summed E-state index contributed by atoms with van der Waals surface area (Å²) in [6, 6.07) is 21.3. The molecule has 4 heteroatoms. The second kappa shape index (κ2) is 10.9. The van der Waals surface area contributed by atoms with Crippen molar-refractivity contribution in [2.24, 2.45) is 0 Å². The molecule has 0 aliphatic carbocycles. The SMILES string of the molecule is COc1cc2c(cc1OCc1ccccc1)CCNC2/C=C/c1cc(C2=CCCOC2)ccc1C. The molecule has 1 unspecified atom stereocenters. The number of ether oxygens (including phenoxy) is 3. The van der Waals surface area contributed by atoms with Gasteiger partial charge in [-0.25, -0.2) is 0 Å². The van der Waals surface area contributed by atoms with Crippen molar-refractivity contribution < 1.29 is 14.2 Å². The van der Waals surface area contributed by atoms with Gasteiger partial charge in [0.05, 0.1) is 26.4 Å². The first-order valence-corrected chi connectivity index (χ1v) is 12.4. The van der Waals surface area contributed by atoms with Crippen molar-refractivity contribution >= 4 is 11.6 Å². The maximum absolute atomic E-state index is 6.15. The van der Waals surface area contributed by atoms with Gasteiger partial charge in [-0.3, -0.25) is 0 Å². The van der Waals surface area contributed by atoms with Crippen LogP contribution in [0.2, 0.25) is 0 Å². The Hall–Kier alpha value is -3.34. The Labute approximate surface area is 208 Å². The summed E-state index contributed by atoms with van der Waals surface area (Å²) >= 11 is 0. The van der Waals surface area contributed by atoms with Crippen molar-refractivity contribution in [2.45, 2.75) is 32.4 Å². The molecule has 0 saturated carbocycles. The van der Waals surface area contributed by atoms with Crippen molar-refractivity contribution in [3.63, 3.8) is 0 Å². The molecule has 2 aliphatic rings. The van der Waals surface area contributed by atoms with E-state index in [0.29, 0.717) is 13.2 Å². The molecular formula is C31H33NO3. The van der Waals surface area contributed by atoms with Gasteiger partial charge in [-0.1, -0.05) is 60.7 Å². The van der Waals surface area contributed by atoms with Crippen LogP contribution in [0.4, 0.5) is 0 Å². The summed E-state index contributed by atoms with van der Waals surface area (Å²) in [7, 11) is 1.71. The van der Waals surface area contributed by atoms with Crippen LogP contribution in [0.1, 0.15) is 45.8 Å². The lowest BCUT2D eigenvalue weighted by Gasteiger charge is -2.26. The Morgan fingerprint density at radius 1 is 1.06 bits per heavy atom. The molecule has 2 aliphatic heterocycles. The summed E-state index contributed by atoms with van der Waals surface area (Å²) in [5.41, 5.74) is 8.71. The molecular weight excluding hydrogens is 434 g/mol. The van der Waals surface area contributed by atoms with E-state index in [9.17, 15) is 0 Å². The molecule has 0 aromatic heterocycles. The van der Waals surface area contributed by atoms with Crippen molar-refractivity contribution in [1.29, 1.82) is 0 Å².